The van der Waals surface area contributed by atoms with Crippen LogP contribution in [0, 0.1) is 0 Å². The number of halogens is 4. The molecule has 0 atom stereocenters. The van der Waals surface area contributed by atoms with Gasteiger partial charge in [0.05, 0.1) is 0 Å². The highest BCUT2D eigenvalue weighted by atomic mass is 35.5. The number of ether oxygens (including phenoxy) is 1. The summed E-state index contributed by atoms with van der Waals surface area (Å²) in [6, 6.07) is 6.10. The first kappa shape index (κ1) is 16.3. The van der Waals surface area contributed by atoms with Gasteiger partial charge in [-0.1, -0.05) is 11.6 Å². The van der Waals surface area contributed by atoms with Gasteiger partial charge >= 0.3 is 15.5 Å². The molecule has 6 nitrogen and oxygen atoms in total. The van der Waals surface area contributed by atoms with E-state index in [-0.39, 0.29) is 22.5 Å². The first-order valence-electron chi connectivity index (χ1n) is 5.52. The van der Waals surface area contributed by atoms with E-state index in [4.69, 9.17) is 16.3 Å². The van der Waals surface area contributed by atoms with Crippen LogP contribution in [-0.2, 0) is 10.0 Å². The number of aromatic nitrogens is 2. The van der Waals surface area contributed by atoms with Crippen LogP contribution in [0.4, 0.5) is 18.9 Å². The van der Waals surface area contributed by atoms with Crippen molar-refractivity contribution in [1.29, 1.82) is 0 Å². The molecule has 1 N–H and O–H groups in total. The highest BCUT2D eigenvalue weighted by molar-refractivity contribution is 7.93. The molecule has 0 amide bonds. The Hall–Kier alpha value is -2.07. The Morgan fingerprint density at radius 2 is 1.77 bits per heavy atom. The molecule has 0 aliphatic carbocycles. The summed E-state index contributed by atoms with van der Waals surface area (Å²) >= 11 is 5.64. The lowest BCUT2D eigenvalue weighted by Crippen LogP contribution is -2.29. The molecule has 0 fully saturated rings. The number of hydrogen-bond acceptors (Lipinski definition) is 5. The Morgan fingerprint density at radius 3 is 2.32 bits per heavy atom. The largest absolute Gasteiger partial charge is 0.516 e. The fourth-order valence-electron chi connectivity index (χ4n) is 1.30. The second kappa shape index (κ2) is 5.97. The molecule has 0 saturated heterocycles. The maximum atomic E-state index is 12.2. The zero-order valence-corrected chi connectivity index (χ0v) is 12.1. The molecule has 2 aromatic rings. The summed E-state index contributed by atoms with van der Waals surface area (Å²) in [6.07, 6.45) is 1.17. The smallest absolute Gasteiger partial charge is 0.439 e. The molecular formula is C11H7ClF3N3O3S. The minimum atomic E-state index is -5.46. The summed E-state index contributed by atoms with van der Waals surface area (Å²) < 4.78 is 65.2. The number of hydrogen-bond donors (Lipinski definition) is 1. The van der Waals surface area contributed by atoms with Crippen molar-refractivity contribution >= 4 is 27.3 Å². The van der Waals surface area contributed by atoms with E-state index in [1.165, 1.54) is 29.2 Å². The Labute approximate surface area is 128 Å². The number of sulfonamides is 1. The van der Waals surface area contributed by atoms with E-state index >= 15 is 0 Å². The number of alkyl halides is 3. The summed E-state index contributed by atoms with van der Waals surface area (Å²) in [6.45, 7) is 0. The van der Waals surface area contributed by atoms with Crippen molar-refractivity contribution in [1.82, 2.24) is 9.97 Å². The predicted molar refractivity (Wildman–Crippen MR) is 72.2 cm³/mol. The number of rotatable bonds is 4. The standard InChI is InChI=1S/C11H7ClF3N3O3S/c12-9-5-10(17-6-16-9)21-8-3-1-7(2-4-8)18-22(19,20)11(13,14)15/h1-6,18H. The van der Waals surface area contributed by atoms with E-state index in [0.717, 1.165) is 12.1 Å². The SMILES string of the molecule is O=S(=O)(Nc1ccc(Oc2cc(Cl)ncn2)cc1)C(F)(F)F. The minimum absolute atomic E-state index is 0.128. The molecule has 0 radical (unpaired) electrons. The molecule has 0 unspecified atom stereocenters. The van der Waals surface area contributed by atoms with Crippen molar-refractivity contribution in [3.63, 3.8) is 0 Å². The lowest BCUT2D eigenvalue weighted by atomic mass is 10.3. The van der Waals surface area contributed by atoms with Crippen molar-refractivity contribution in [2.45, 2.75) is 5.51 Å². The molecule has 0 aliphatic rings. The number of nitrogens with zero attached hydrogens (tertiary/aromatic N) is 2. The number of anilines is 1. The van der Waals surface area contributed by atoms with Crippen LogP contribution in [0.3, 0.4) is 0 Å². The van der Waals surface area contributed by atoms with Crippen molar-refractivity contribution in [2.75, 3.05) is 4.72 Å². The van der Waals surface area contributed by atoms with Gasteiger partial charge in [-0.2, -0.15) is 21.6 Å². The molecule has 0 spiro atoms. The van der Waals surface area contributed by atoms with Gasteiger partial charge in [-0.05, 0) is 24.3 Å². The fraction of sp³-hybridized carbons (Fsp3) is 0.0909. The van der Waals surface area contributed by atoms with Gasteiger partial charge in [0, 0.05) is 11.8 Å². The van der Waals surface area contributed by atoms with Gasteiger partial charge in [-0.15, -0.1) is 0 Å². The molecule has 1 heterocycles. The van der Waals surface area contributed by atoms with Gasteiger partial charge in [0.2, 0.25) is 5.88 Å². The second-order valence-corrected chi connectivity index (χ2v) is 5.92. The third kappa shape index (κ3) is 3.98. The van der Waals surface area contributed by atoms with Gasteiger partial charge in [0.25, 0.3) is 0 Å². The highest BCUT2D eigenvalue weighted by Gasteiger charge is 2.45. The molecule has 2 rings (SSSR count). The average Bonchev–Trinajstić information content (AvgIpc) is 2.39. The normalized spacial score (nSPS) is 12.0. The van der Waals surface area contributed by atoms with E-state index in [0.29, 0.717) is 0 Å². The number of benzene rings is 1. The van der Waals surface area contributed by atoms with E-state index in [2.05, 4.69) is 9.97 Å². The molecule has 1 aromatic heterocycles. The first-order chi connectivity index (χ1) is 10.2. The summed E-state index contributed by atoms with van der Waals surface area (Å²) in [5, 5.41) is 0.152. The third-order valence-electron chi connectivity index (χ3n) is 2.24. The zero-order valence-electron chi connectivity index (χ0n) is 10.5. The summed E-state index contributed by atoms with van der Waals surface area (Å²) in [5.74, 6) is 0.355. The van der Waals surface area contributed by atoms with Crippen molar-refractivity contribution in [2.24, 2.45) is 0 Å². The van der Waals surface area contributed by atoms with Crippen LogP contribution in [0.2, 0.25) is 5.15 Å². The topological polar surface area (TPSA) is 81.2 Å². The van der Waals surface area contributed by atoms with Gasteiger partial charge in [0.1, 0.15) is 17.2 Å². The van der Waals surface area contributed by atoms with Crippen molar-refractivity contribution < 1.29 is 26.3 Å². The molecule has 0 saturated carbocycles. The number of nitrogens with one attached hydrogen (secondary N) is 1. The van der Waals surface area contributed by atoms with Crippen LogP contribution in [-0.4, -0.2) is 23.9 Å². The zero-order chi connectivity index (χ0) is 16.4. The van der Waals surface area contributed by atoms with Crippen LogP contribution < -0.4 is 9.46 Å². The highest BCUT2D eigenvalue weighted by Crippen LogP contribution is 2.27. The summed E-state index contributed by atoms with van der Waals surface area (Å²) in [7, 11) is -5.46. The molecule has 118 valence electrons. The van der Waals surface area contributed by atoms with Crippen LogP contribution in [0.5, 0.6) is 11.6 Å². The average molecular weight is 354 g/mol. The van der Waals surface area contributed by atoms with E-state index in [1.807, 2.05) is 0 Å². The molecule has 0 aliphatic heterocycles. The Morgan fingerprint density at radius 1 is 1.14 bits per heavy atom. The molecular weight excluding hydrogens is 347 g/mol. The quantitative estimate of drug-likeness (QED) is 0.854. The Bertz CT molecular complexity index is 766. The maximum absolute atomic E-state index is 12.2. The van der Waals surface area contributed by atoms with E-state index in [9.17, 15) is 21.6 Å². The maximum Gasteiger partial charge on any atom is 0.516 e. The van der Waals surface area contributed by atoms with Crippen molar-refractivity contribution in [3.05, 3.63) is 41.8 Å². The molecule has 22 heavy (non-hydrogen) atoms. The van der Waals surface area contributed by atoms with Crippen molar-refractivity contribution in [3.8, 4) is 11.6 Å². The van der Waals surface area contributed by atoms with Crippen LogP contribution in [0.1, 0.15) is 0 Å². The predicted octanol–water partition coefficient (Wildman–Crippen LogP) is 3.18. The van der Waals surface area contributed by atoms with Gasteiger partial charge in [0.15, 0.2) is 0 Å². The Balaban J connectivity index is 2.11. The molecule has 0 bridgehead atoms. The van der Waals surface area contributed by atoms with Gasteiger partial charge in [-0.25, -0.2) is 9.97 Å². The molecule has 11 heteroatoms. The molecule has 1 aromatic carbocycles. The van der Waals surface area contributed by atoms with Gasteiger partial charge < -0.3 is 4.74 Å². The summed E-state index contributed by atoms with van der Waals surface area (Å²) in [5.41, 5.74) is -5.65. The lowest BCUT2D eigenvalue weighted by Gasteiger charge is -2.11. The van der Waals surface area contributed by atoms with E-state index in [1.54, 1.807) is 0 Å². The first-order valence-corrected chi connectivity index (χ1v) is 7.38. The Kier molecular flexibility index (Phi) is 4.42. The van der Waals surface area contributed by atoms with Crippen LogP contribution in [0.25, 0.3) is 0 Å². The lowest BCUT2D eigenvalue weighted by molar-refractivity contribution is -0.0429. The second-order valence-electron chi connectivity index (χ2n) is 3.86. The third-order valence-corrected chi connectivity index (χ3v) is 3.56. The minimum Gasteiger partial charge on any atom is -0.439 e. The van der Waals surface area contributed by atoms with Crippen LogP contribution in [0.15, 0.2) is 36.7 Å². The van der Waals surface area contributed by atoms with Gasteiger partial charge in [-0.3, -0.25) is 4.72 Å². The van der Waals surface area contributed by atoms with E-state index < -0.39 is 15.5 Å². The summed E-state index contributed by atoms with van der Waals surface area (Å²) in [4.78, 5) is 7.42. The monoisotopic (exact) mass is 353 g/mol. The van der Waals surface area contributed by atoms with Crippen LogP contribution >= 0.6 is 11.6 Å². The fourth-order valence-corrected chi connectivity index (χ4v) is 2.00.